The fourth-order valence-corrected chi connectivity index (χ4v) is 4.33. The molecule has 0 aromatic carbocycles. The molecule has 17 heavy (non-hydrogen) atoms. The van der Waals surface area contributed by atoms with E-state index in [0.29, 0.717) is 12.5 Å². The second-order valence-corrected chi connectivity index (χ2v) is 5.99. The molecular formula is C14H20N2O. The Labute approximate surface area is 103 Å². The first kappa shape index (κ1) is 11.1. The van der Waals surface area contributed by atoms with Gasteiger partial charge in [-0.05, 0) is 49.4 Å². The topological polar surface area (TPSA) is 52.9 Å². The molecule has 3 saturated carbocycles. The lowest BCUT2D eigenvalue weighted by molar-refractivity contribution is -0.123. The molecule has 0 aliphatic heterocycles. The Bertz CT molecular complexity index is 357. The lowest BCUT2D eigenvalue weighted by Gasteiger charge is -2.13. The minimum Gasteiger partial charge on any atom is -0.352 e. The van der Waals surface area contributed by atoms with Gasteiger partial charge >= 0.3 is 0 Å². The van der Waals surface area contributed by atoms with Crippen molar-refractivity contribution < 1.29 is 4.79 Å². The van der Waals surface area contributed by atoms with E-state index in [1.807, 2.05) is 6.92 Å². The minimum absolute atomic E-state index is 0.0202. The van der Waals surface area contributed by atoms with Crippen LogP contribution in [0.4, 0.5) is 0 Å². The minimum atomic E-state index is -0.432. The van der Waals surface area contributed by atoms with Crippen molar-refractivity contribution in [2.45, 2.75) is 45.1 Å². The van der Waals surface area contributed by atoms with Crippen LogP contribution in [-0.2, 0) is 4.79 Å². The number of nitrogens with one attached hydrogen (secondary N) is 1. The maximum atomic E-state index is 11.9. The van der Waals surface area contributed by atoms with Crippen LogP contribution in [0.15, 0.2) is 0 Å². The quantitative estimate of drug-likeness (QED) is 0.807. The standard InChI is InChI=1S/C14H20N2O/c1-2-3-10(7-15)14(17)16-13-11-8-4-5-9(6-8)12(11)13/h8-13H,2-6H2,1H3,(H,16,17). The van der Waals surface area contributed by atoms with E-state index in [9.17, 15) is 4.79 Å². The molecule has 3 aliphatic carbocycles. The molecule has 0 aromatic heterocycles. The summed E-state index contributed by atoms with van der Waals surface area (Å²) < 4.78 is 0. The van der Waals surface area contributed by atoms with Gasteiger partial charge in [0.25, 0.3) is 0 Å². The van der Waals surface area contributed by atoms with Crippen LogP contribution < -0.4 is 5.32 Å². The van der Waals surface area contributed by atoms with Gasteiger partial charge in [-0.25, -0.2) is 0 Å². The van der Waals surface area contributed by atoms with Crippen LogP contribution in [0.2, 0.25) is 0 Å². The van der Waals surface area contributed by atoms with Crippen molar-refractivity contribution in [1.29, 1.82) is 5.26 Å². The van der Waals surface area contributed by atoms with Crippen molar-refractivity contribution >= 4 is 5.91 Å². The van der Waals surface area contributed by atoms with Crippen molar-refractivity contribution in [1.82, 2.24) is 5.32 Å². The molecule has 0 aromatic rings. The number of fused-ring (bicyclic) bond motifs is 5. The molecule has 2 bridgehead atoms. The second kappa shape index (κ2) is 4.01. The largest absolute Gasteiger partial charge is 0.352 e. The number of hydrogen-bond donors (Lipinski definition) is 1. The predicted molar refractivity (Wildman–Crippen MR) is 63.8 cm³/mol. The number of nitriles is 1. The van der Waals surface area contributed by atoms with Crippen molar-refractivity contribution in [3.63, 3.8) is 0 Å². The average molecular weight is 232 g/mol. The van der Waals surface area contributed by atoms with E-state index >= 15 is 0 Å². The second-order valence-electron chi connectivity index (χ2n) is 5.99. The van der Waals surface area contributed by atoms with Gasteiger partial charge in [-0.3, -0.25) is 4.79 Å². The molecular weight excluding hydrogens is 212 g/mol. The summed E-state index contributed by atoms with van der Waals surface area (Å²) in [6, 6.07) is 2.55. The molecule has 3 aliphatic rings. The van der Waals surface area contributed by atoms with Crippen molar-refractivity contribution in [3.05, 3.63) is 0 Å². The SMILES string of the molecule is CCCC(C#N)C(=O)NC1C2C3CCC(C3)C12. The first-order valence-corrected chi connectivity index (χ1v) is 6.96. The van der Waals surface area contributed by atoms with Crippen LogP contribution in [0.1, 0.15) is 39.0 Å². The number of carbonyl (C=O) groups is 1. The maximum Gasteiger partial charge on any atom is 0.237 e. The van der Waals surface area contributed by atoms with Gasteiger partial charge in [-0.15, -0.1) is 0 Å². The van der Waals surface area contributed by atoms with Crippen molar-refractivity contribution in [3.8, 4) is 6.07 Å². The van der Waals surface area contributed by atoms with Gasteiger partial charge in [-0.1, -0.05) is 13.3 Å². The Morgan fingerprint density at radius 1 is 1.41 bits per heavy atom. The van der Waals surface area contributed by atoms with E-state index in [-0.39, 0.29) is 5.91 Å². The molecule has 0 heterocycles. The Balaban J connectivity index is 1.56. The Hall–Kier alpha value is -1.04. The first-order valence-electron chi connectivity index (χ1n) is 6.96. The summed E-state index contributed by atoms with van der Waals surface area (Å²) in [6.07, 6.45) is 5.73. The smallest absolute Gasteiger partial charge is 0.237 e. The number of amides is 1. The van der Waals surface area contributed by atoms with Crippen LogP contribution >= 0.6 is 0 Å². The van der Waals surface area contributed by atoms with Gasteiger partial charge in [-0.2, -0.15) is 5.26 Å². The van der Waals surface area contributed by atoms with Crippen LogP contribution in [0, 0.1) is 40.9 Å². The van der Waals surface area contributed by atoms with Gasteiger partial charge < -0.3 is 5.32 Å². The lowest BCUT2D eigenvalue weighted by Crippen LogP contribution is -2.34. The molecule has 0 spiro atoms. The first-order chi connectivity index (χ1) is 8.26. The molecule has 1 N–H and O–H groups in total. The highest BCUT2D eigenvalue weighted by molar-refractivity contribution is 5.81. The van der Waals surface area contributed by atoms with E-state index in [1.54, 1.807) is 0 Å². The fourth-order valence-electron chi connectivity index (χ4n) is 4.33. The summed E-state index contributed by atoms with van der Waals surface area (Å²) in [4.78, 5) is 11.9. The summed E-state index contributed by atoms with van der Waals surface area (Å²) >= 11 is 0. The monoisotopic (exact) mass is 232 g/mol. The van der Waals surface area contributed by atoms with Gasteiger partial charge in [0.05, 0.1) is 6.07 Å². The highest BCUT2D eigenvalue weighted by Gasteiger charge is 2.65. The Morgan fingerprint density at radius 3 is 2.59 bits per heavy atom. The molecule has 0 saturated heterocycles. The van der Waals surface area contributed by atoms with Gasteiger partial charge in [0.15, 0.2) is 0 Å². The molecule has 92 valence electrons. The molecule has 3 fully saturated rings. The molecule has 0 radical (unpaired) electrons. The van der Waals surface area contributed by atoms with Crippen LogP contribution in [0.3, 0.4) is 0 Å². The number of hydrogen-bond acceptors (Lipinski definition) is 2. The van der Waals surface area contributed by atoms with Crippen LogP contribution in [0.5, 0.6) is 0 Å². The third-order valence-electron chi connectivity index (χ3n) is 5.09. The third-order valence-corrected chi connectivity index (χ3v) is 5.09. The zero-order valence-corrected chi connectivity index (χ0v) is 10.4. The highest BCUT2D eigenvalue weighted by Crippen LogP contribution is 2.65. The summed E-state index contributed by atoms with van der Waals surface area (Å²) in [5.41, 5.74) is 0. The fraction of sp³-hybridized carbons (Fsp3) is 0.857. The molecule has 5 atom stereocenters. The lowest BCUT2D eigenvalue weighted by atomic mass is 10.0. The maximum absolute atomic E-state index is 11.9. The summed E-state index contributed by atoms with van der Waals surface area (Å²) in [5.74, 6) is 2.83. The van der Waals surface area contributed by atoms with E-state index < -0.39 is 5.92 Å². The molecule has 3 heteroatoms. The summed E-state index contributed by atoms with van der Waals surface area (Å²) in [5, 5.41) is 12.1. The number of rotatable bonds is 4. The Morgan fingerprint density at radius 2 is 2.06 bits per heavy atom. The van der Waals surface area contributed by atoms with E-state index in [4.69, 9.17) is 5.26 Å². The van der Waals surface area contributed by atoms with Gasteiger partial charge in [0.2, 0.25) is 5.91 Å². The van der Waals surface area contributed by atoms with Crippen molar-refractivity contribution in [2.24, 2.45) is 29.6 Å². The Kier molecular flexibility index (Phi) is 2.61. The normalized spacial score (nSPS) is 42.7. The molecule has 3 rings (SSSR count). The third kappa shape index (κ3) is 1.66. The number of nitrogens with zero attached hydrogens (tertiary/aromatic N) is 1. The molecule has 5 unspecified atom stereocenters. The number of carbonyl (C=O) groups excluding carboxylic acids is 1. The molecule has 1 amide bonds. The summed E-state index contributed by atoms with van der Waals surface area (Å²) in [7, 11) is 0. The van der Waals surface area contributed by atoms with E-state index in [0.717, 1.165) is 30.1 Å². The predicted octanol–water partition coefficient (Wildman–Crippen LogP) is 2.09. The van der Waals surface area contributed by atoms with E-state index in [2.05, 4.69) is 11.4 Å². The average Bonchev–Trinajstić information content (AvgIpc) is 2.75. The van der Waals surface area contributed by atoms with Gasteiger partial charge in [0, 0.05) is 6.04 Å². The summed E-state index contributed by atoms with van der Waals surface area (Å²) in [6.45, 7) is 2.02. The van der Waals surface area contributed by atoms with E-state index in [1.165, 1.54) is 19.3 Å². The van der Waals surface area contributed by atoms with Crippen LogP contribution in [0.25, 0.3) is 0 Å². The zero-order chi connectivity index (χ0) is 12.0. The van der Waals surface area contributed by atoms with Crippen molar-refractivity contribution in [2.75, 3.05) is 0 Å². The van der Waals surface area contributed by atoms with Gasteiger partial charge in [0.1, 0.15) is 5.92 Å². The highest BCUT2D eigenvalue weighted by atomic mass is 16.2. The van der Waals surface area contributed by atoms with Crippen LogP contribution in [-0.4, -0.2) is 11.9 Å². The zero-order valence-electron chi connectivity index (χ0n) is 10.4. The molecule has 3 nitrogen and oxygen atoms in total.